The van der Waals surface area contributed by atoms with Crippen molar-refractivity contribution >= 4 is 12.4 Å². The van der Waals surface area contributed by atoms with Crippen LogP contribution in [0.25, 0.3) is 11.1 Å². The molecule has 0 radical (unpaired) electrons. The number of hydrogen-bond acceptors (Lipinski definition) is 6. The van der Waals surface area contributed by atoms with E-state index in [0.717, 1.165) is 28.9 Å². The quantitative estimate of drug-likeness (QED) is 0.457. The summed E-state index contributed by atoms with van der Waals surface area (Å²) in [5.74, 6) is 0.864. The van der Waals surface area contributed by atoms with Gasteiger partial charge in [0.05, 0.1) is 11.6 Å². The van der Waals surface area contributed by atoms with E-state index in [0.29, 0.717) is 25.0 Å². The van der Waals surface area contributed by atoms with E-state index in [1.54, 1.807) is 26.4 Å². The zero-order valence-corrected chi connectivity index (χ0v) is 16.4. The molecule has 0 saturated carbocycles. The first-order chi connectivity index (χ1) is 14.0. The molecule has 1 aliphatic heterocycles. The summed E-state index contributed by atoms with van der Waals surface area (Å²) < 4.78 is 11.3. The SMILES string of the molecule is COCC[C@H]1C[C@@H](N=C(N)N(C)C=O)c2cc(-c3cncc(C#N)c3)ccc2O1. The maximum absolute atomic E-state index is 11.0. The van der Waals surface area contributed by atoms with Gasteiger partial charge in [0.1, 0.15) is 17.9 Å². The summed E-state index contributed by atoms with van der Waals surface area (Å²) in [7, 11) is 3.21. The number of benzene rings is 1. The third-order valence-corrected chi connectivity index (χ3v) is 4.80. The molecule has 29 heavy (non-hydrogen) atoms. The van der Waals surface area contributed by atoms with Crippen LogP contribution < -0.4 is 10.5 Å². The van der Waals surface area contributed by atoms with Crippen LogP contribution in [0.3, 0.4) is 0 Å². The lowest BCUT2D eigenvalue weighted by Crippen LogP contribution is -2.34. The van der Waals surface area contributed by atoms with E-state index in [9.17, 15) is 4.79 Å². The third-order valence-electron chi connectivity index (χ3n) is 4.80. The lowest BCUT2D eigenvalue weighted by molar-refractivity contribution is -0.114. The van der Waals surface area contributed by atoms with Crippen molar-refractivity contribution in [2.45, 2.75) is 25.0 Å². The van der Waals surface area contributed by atoms with E-state index in [1.165, 1.54) is 11.1 Å². The number of pyridine rings is 1. The monoisotopic (exact) mass is 393 g/mol. The molecule has 0 unspecified atom stereocenters. The van der Waals surface area contributed by atoms with Gasteiger partial charge in [0.2, 0.25) is 6.41 Å². The summed E-state index contributed by atoms with van der Waals surface area (Å²) >= 11 is 0. The Bertz CT molecular complexity index is 954. The molecule has 1 amide bonds. The van der Waals surface area contributed by atoms with Crippen LogP contribution in [0.1, 0.15) is 30.0 Å². The summed E-state index contributed by atoms with van der Waals surface area (Å²) in [6.45, 7) is 0.574. The number of nitriles is 1. The largest absolute Gasteiger partial charge is 0.490 e. The van der Waals surface area contributed by atoms with Gasteiger partial charge in [0.25, 0.3) is 0 Å². The number of carbonyl (C=O) groups excluding carboxylic acids is 1. The average Bonchev–Trinajstić information content (AvgIpc) is 2.76. The Morgan fingerprint density at radius 1 is 1.45 bits per heavy atom. The molecule has 1 aliphatic rings. The Kier molecular flexibility index (Phi) is 6.42. The van der Waals surface area contributed by atoms with Gasteiger partial charge < -0.3 is 15.2 Å². The maximum Gasteiger partial charge on any atom is 0.216 e. The zero-order chi connectivity index (χ0) is 20.8. The van der Waals surface area contributed by atoms with Gasteiger partial charge in [-0.2, -0.15) is 5.26 Å². The molecule has 3 rings (SSSR count). The van der Waals surface area contributed by atoms with Crippen molar-refractivity contribution < 1.29 is 14.3 Å². The van der Waals surface area contributed by atoms with Crippen LogP contribution in [-0.4, -0.2) is 49.1 Å². The van der Waals surface area contributed by atoms with E-state index in [4.69, 9.17) is 20.5 Å². The lowest BCUT2D eigenvalue weighted by Gasteiger charge is -2.31. The second-order valence-electron chi connectivity index (χ2n) is 6.80. The minimum absolute atomic E-state index is 0.0695. The summed E-state index contributed by atoms with van der Waals surface area (Å²) in [5.41, 5.74) is 9.07. The van der Waals surface area contributed by atoms with Crippen molar-refractivity contribution in [2.75, 3.05) is 20.8 Å². The number of guanidine groups is 1. The fourth-order valence-electron chi connectivity index (χ4n) is 3.21. The number of fused-ring (bicyclic) bond motifs is 1. The van der Waals surface area contributed by atoms with Crippen LogP contribution in [0.4, 0.5) is 0 Å². The molecule has 2 heterocycles. The summed E-state index contributed by atoms with van der Waals surface area (Å²) in [5, 5.41) is 9.13. The van der Waals surface area contributed by atoms with E-state index < -0.39 is 0 Å². The van der Waals surface area contributed by atoms with E-state index >= 15 is 0 Å². The number of amides is 1. The van der Waals surface area contributed by atoms with Gasteiger partial charge >= 0.3 is 0 Å². The molecule has 2 atom stereocenters. The molecule has 0 bridgehead atoms. The van der Waals surface area contributed by atoms with Gasteiger partial charge in [-0.1, -0.05) is 6.07 Å². The Labute approximate surface area is 169 Å². The molecule has 0 aliphatic carbocycles. The number of methoxy groups -OCH3 is 1. The molecule has 2 N–H and O–H groups in total. The molecule has 0 spiro atoms. The Hall–Kier alpha value is -3.44. The number of rotatable bonds is 6. The molecule has 0 fully saturated rings. The Balaban J connectivity index is 2.00. The van der Waals surface area contributed by atoms with Crippen molar-refractivity contribution in [2.24, 2.45) is 10.7 Å². The number of hydrogen-bond donors (Lipinski definition) is 1. The molecule has 2 aromatic rings. The number of carbonyl (C=O) groups is 1. The van der Waals surface area contributed by atoms with Crippen molar-refractivity contribution in [3.8, 4) is 22.9 Å². The molecular formula is C21H23N5O3. The van der Waals surface area contributed by atoms with Crippen LogP contribution in [0.2, 0.25) is 0 Å². The fourth-order valence-corrected chi connectivity index (χ4v) is 3.21. The first-order valence-corrected chi connectivity index (χ1v) is 9.22. The van der Waals surface area contributed by atoms with Gasteiger partial charge in [-0.3, -0.25) is 14.7 Å². The van der Waals surface area contributed by atoms with Crippen LogP contribution in [0.15, 0.2) is 41.7 Å². The molecule has 8 heteroatoms. The van der Waals surface area contributed by atoms with Crippen molar-refractivity contribution in [1.29, 1.82) is 5.26 Å². The minimum atomic E-state index is -0.268. The predicted molar refractivity (Wildman–Crippen MR) is 108 cm³/mol. The highest BCUT2D eigenvalue weighted by molar-refractivity contribution is 5.87. The van der Waals surface area contributed by atoms with E-state index in [2.05, 4.69) is 16.0 Å². The van der Waals surface area contributed by atoms with Crippen molar-refractivity contribution in [1.82, 2.24) is 9.88 Å². The average molecular weight is 393 g/mol. The highest BCUT2D eigenvalue weighted by Gasteiger charge is 2.29. The van der Waals surface area contributed by atoms with Crippen molar-refractivity contribution in [3.63, 3.8) is 0 Å². The van der Waals surface area contributed by atoms with Gasteiger partial charge in [-0.05, 0) is 23.8 Å². The van der Waals surface area contributed by atoms with E-state index in [-0.39, 0.29) is 18.1 Å². The normalized spacial score (nSPS) is 18.3. The molecule has 1 aromatic carbocycles. The lowest BCUT2D eigenvalue weighted by atomic mass is 9.92. The maximum atomic E-state index is 11.0. The van der Waals surface area contributed by atoms with Crippen molar-refractivity contribution in [3.05, 3.63) is 47.8 Å². The molecule has 0 saturated heterocycles. The van der Waals surface area contributed by atoms with E-state index in [1.807, 2.05) is 18.2 Å². The highest BCUT2D eigenvalue weighted by Crippen LogP contribution is 2.40. The van der Waals surface area contributed by atoms with Gasteiger partial charge in [-0.15, -0.1) is 0 Å². The number of nitrogens with two attached hydrogens (primary N) is 1. The first kappa shape index (κ1) is 20.3. The Morgan fingerprint density at radius 2 is 2.28 bits per heavy atom. The smallest absolute Gasteiger partial charge is 0.216 e. The summed E-state index contributed by atoms with van der Waals surface area (Å²) in [6, 6.07) is 9.41. The van der Waals surface area contributed by atoms with Gasteiger partial charge in [-0.25, -0.2) is 4.99 Å². The van der Waals surface area contributed by atoms with Crippen LogP contribution in [-0.2, 0) is 9.53 Å². The Morgan fingerprint density at radius 3 is 3.00 bits per heavy atom. The number of ether oxygens (including phenoxy) is 2. The topological polar surface area (TPSA) is 114 Å². The molecule has 8 nitrogen and oxygen atoms in total. The minimum Gasteiger partial charge on any atom is -0.490 e. The molecule has 1 aromatic heterocycles. The molecule has 150 valence electrons. The molecular weight excluding hydrogens is 370 g/mol. The number of aliphatic imine (C=N–C) groups is 1. The van der Waals surface area contributed by atoms with Gasteiger partial charge in [0, 0.05) is 57.1 Å². The number of nitrogens with zero attached hydrogens (tertiary/aromatic N) is 4. The van der Waals surface area contributed by atoms with Crippen LogP contribution in [0.5, 0.6) is 5.75 Å². The standard InChI is InChI=1S/C21H23N5O3/c1-26(13-27)21(23)25-19-9-17(5-6-28-2)29-20-4-3-15(8-18(19)20)16-7-14(10-22)11-24-12-16/h3-4,7-8,11-13,17,19H,5-6,9H2,1-2H3,(H2,23,25)/t17-,19+/m0/s1. The van der Waals surface area contributed by atoms with Crippen LogP contribution >= 0.6 is 0 Å². The van der Waals surface area contributed by atoms with Crippen LogP contribution in [0, 0.1) is 11.3 Å². The zero-order valence-electron chi connectivity index (χ0n) is 16.4. The second-order valence-corrected chi connectivity index (χ2v) is 6.80. The van der Waals surface area contributed by atoms with Gasteiger partial charge in [0.15, 0.2) is 5.96 Å². The first-order valence-electron chi connectivity index (χ1n) is 9.22. The summed E-state index contributed by atoms with van der Waals surface area (Å²) in [4.78, 5) is 21.0. The fraction of sp³-hybridized carbons (Fsp3) is 0.333. The predicted octanol–water partition coefficient (Wildman–Crippen LogP) is 2.25. The second kappa shape index (κ2) is 9.17. The number of aromatic nitrogens is 1. The third kappa shape index (κ3) is 4.70. The summed E-state index contributed by atoms with van der Waals surface area (Å²) in [6.07, 6.45) is 5.12. The highest BCUT2D eigenvalue weighted by atomic mass is 16.5.